The molecule has 1 aromatic rings. The monoisotopic (exact) mass is 638 g/mol. The zero-order valence-corrected chi connectivity index (χ0v) is 25.8. The van der Waals surface area contributed by atoms with Crippen LogP contribution in [0.1, 0.15) is 75.7 Å². The van der Waals surface area contributed by atoms with Crippen LogP contribution in [0.5, 0.6) is 5.75 Å². The van der Waals surface area contributed by atoms with E-state index in [4.69, 9.17) is 14.9 Å². The Morgan fingerprint density at radius 2 is 1.33 bits per heavy atom. The van der Waals surface area contributed by atoms with E-state index in [1.165, 1.54) is 9.80 Å². The number of carboxylic acid groups (broad SMARTS) is 2. The molecule has 3 fully saturated rings. The van der Waals surface area contributed by atoms with Gasteiger partial charge in [0.15, 0.2) is 0 Å². The number of carboxylic acids is 2. The maximum Gasteiger partial charge on any atom is 0.303 e. The van der Waals surface area contributed by atoms with Crippen LogP contribution < -0.4 is 4.74 Å². The third-order valence-corrected chi connectivity index (χ3v) is 9.98. The minimum atomic E-state index is -0.893. The zero-order chi connectivity index (χ0) is 33.0. The summed E-state index contributed by atoms with van der Waals surface area (Å²) in [6.45, 7) is 0.222. The number of aliphatic hydroxyl groups is 1. The Morgan fingerprint density at radius 3 is 1.93 bits per heavy atom. The second-order valence-corrected chi connectivity index (χ2v) is 12.7. The Morgan fingerprint density at radius 1 is 0.739 bits per heavy atom. The highest BCUT2D eigenvalue weighted by molar-refractivity contribution is 6.08. The van der Waals surface area contributed by atoms with Crippen molar-refractivity contribution in [1.29, 1.82) is 0 Å². The molecule has 4 aliphatic rings. The van der Waals surface area contributed by atoms with Crippen LogP contribution in [0.2, 0.25) is 0 Å². The number of fused-ring (bicyclic) bond motifs is 4. The molecule has 6 atom stereocenters. The molecule has 2 aliphatic carbocycles. The summed E-state index contributed by atoms with van der Waals surface area (Å²) >= 11 is 0. The second kappa shape index (κ2) is 14.6. The van der Waals surface area contributed by atoms with E-state index >= 15 is 0 Å². The fourth-order valence-corrected chi connectivity index (χ4v) is 7.98. The molecule has 2 aliphatic heterocycles. The molecule has 2 saturated heterocycles. The first-order valence-corrected chi connectivity index (χ1v) is 16.3. The number of carbonyl (C=O) groups is 6. The molecular formula is C34H42N2O10. The lowest BCUT2D eigenvalue weighted by Gasteiger charge is -2.44. The molecule has 46 heavy (non-hydrogen) atoms. The van der Waals surface area contributed by atoms with Crippen molar-refractivity contribution in [2.45, 2.75) is 70.1 Å². The van der Waals surface area contributed by atoms with E-state index in [2.05, 4.69) is 0 Å². The molecule has 12 heteroatoms. The average Bonchev–Trinajstić information content (AvgIpc) is 3.42. The predicted octanol–water partition coefficient (Wildman–Crippen LogP) is 2.98. The first-order valence-electron chi connectivity index (χ1n) is 16.3. The van der Waals surface area contributed by atoms with E-state index in [1.54, 1.807) is 12.1 Å². The maximum absolute atomic E-state index is 14.1. The highest BCUT2D eigenvalue weighted by Gasteiger charge is 2.62. The molecule has 12 nitrogen and oxygen atoms in total. The highest BCUT2D eigenvalue weighted by Crippen LogP contribution is 2.58. The van der Waals surface area contributed by atoms with E-state index in [-0.39, 0.29) is 69.2 Å². The van der Waals surface area contributed by atoms with Gasteiger partial charge in [-0.2, -0.15) is 0 Å². The molecule has 0 aromatic heterocycles. The minimum Gasteiger partial charge on any atom is -0.491 e. The molecule has 6 unspecified atom stereocenters. The van der Waals surface area contributed by atoms with E-state index in [0.717, 1.165) is 5.57 Å². The lowest BCUT2D eigenvalue weighted by Crippen LogP contribution is -2.43. The van der Waals surface area contributed by atoms with Crippen LogP contribution in [-0.4, -0.2) is 87.0 Å². The quantitative estimate of drug-likeness (QED) is 0.138. The largest absolute Gasteiger partial charge is 0.491 e. The summed E-state index contributed by atoms with van der Waals surface area (Å²) in [7, 11) is 0. The van der Waals surface area contributed by atoms with Crippen LogP contribution in [0.3, 0.4) is 0 Å². The van der Waals surface area contributed by atoms with Crippen LogP contribution in [0.25, 0.3) is 0 Å². The molecule has 248 valence electrons. The Balaban J connectivity index is 1.43. The van der Waals surface area contributed by atoms with Gasteiger partial charge in [-0.05, 0) is 50.5 Å². The number of hydrogen-bond donors (Lipinski definition) is 3. The SMILES string of the molecule is O=C(O)CCCCCN1C(=O)C2CC=C3C(CC4C(=O)N(CCCCCC(=O)O)C(=O)C4C3c3ccccc3OCCO)C2C1=O. The van der Waals surface area contributed by atoms with Gasteiger partial charge in [0, 0.05) is 37.4 Å². The van der Waals surface area contributed by atoms with Crippen molar-refractivity contribution in [2.24, 2.45) is 29.6 Å². The first kappa shape index (κ1) is 33.3. The molecule has 0 spiro atoms. The van der Waals surface area contributed by atoms with Crippen LogP contribution >= 0.6 is 0 Å². The Kier molecular flexibility index (Phi) is 10.6. The molecular weight excluding hydrogens is 596 g/mol. The van der Waals surface area contributed by atoms with Gasteiger partial charge in [0.2, 0.25) is 23.6 Å². The van der Waals surface area contributed by atoms with Crippen molar-refractivity contribution < 1.29 is 48.8 Å². The van der Waals surface area contributed by atoms with Crippen LogP contribution in [-0.2, 0) is 28.8 Å². The lowest BCUT2D eigenvalue weighted by molar-refractivity contribution is -0.142. The number of aliphatic carboxylic acids is 2. The Bertz CT molecular complexity index is 1410. The number of amides is 4. The molecule has 0 radical (unpaired) electrons. The van der Waals surface area contributed by atoms with Crippen molar-refractivity contribution in [3.63, 3.8) is 0 Å². The standard InChI is InChI=1S/C34H42N2O10/c37-17-18-46-25-10-6-5-9-21(25)28-20-13-14-22-29(33(44)35(31(22)42)15-7-1-3-11-26(38)39)23(20)19-24-30(28)34(45)36(32(24)43)16-8-2-4-12-27(40)41/h5-6,9-10,13,22-24,28-30,37H,1-4,7-8,11-12,14-19H2,(H,38,39)(H,40,41). The smallest absolute Gasteiger partial charge is 0.303 e. The molecule has 5 rings (SSSR count). The number of ether oxygens (including phenoxy) is 1. The number of hydrogen-bond acceptors (Lipinski definition) is 8. The summed E-state index contributed by atoms with van der Waals surface area (Å²) < 4.78 is 5.89. The van der Waals surface area contributed by atoms with Gasteiger partial charge in [-0.3, -0.25) is 38.6 Å². The fraction of sp³-hybridized carbons (Fsp3) is 0.588. The maximum atomic E-state index is 14.1. The second-order valence-electron chi connectivity index (χ2n) is 12.7. The van der Waals surface area contributed by atoms with Crippen molar-refractivity contribution in [1.82, 2.24) is 9.80 Å². The molecule has 1 saturated carbocycles. The van der Waals surface area contributed by atoms with Crippen molar-refractivity contribution >= 4 is 35.6 Å². The number of aliphatic hydroxyl groups excluding tert-OH is 1. The molecule has 0 bridgehead atoms. The molecule has 3 N–H and O–H groups in total. The van der Waals surface area contributed by atoms with Gasteiger partial charge >= 0.3 is 11.9 Å². The third kappa shape index (κ3) is 6.58. The van der Waals surface area contributed by atoms with Crippen molar-refractivity contribution in [3.8, 4) is 5.75 Å². The van der Waals surface area contributed by atoms with Gasteiger partial charge in [-0.1, -0.05) is 42.7 Å². The van der Waals surface area contributed by atoms with Crippen LogP contribution in [0, 0.1) is 29.6 Å². The molecule has 1 aromatic carbocycles. The normalized spacial score (nSPS) is 26.9. The summed E-state index contributed by atoms with van der Waals surface area (Å²) in [6.07, 6.45) is 5.64. The van der Waals surface area contributed by atoms with E-state index in [0.29, 0.717) is 56.3 Å². The Hall–Kier alpha value is -4.06. The van der Waals surface area contributed by atoms with Crippen LogP contribution in [0.4, 0.5) is 0 Å². The third-order valence-electron chi connectivity index (χ3n) is 9.98. The summed E-state index contributed by atoms with van der Waals surface area (Å²) in [6, 6.07) is 7.22. The van der Waals surface area contributed by atoms with Crippen LogP contribution in [0.15, 0.2) is 35.9 Å². The Labute approximate surface area is 267 Å². The molecule has 2 heterocycles. The van der Waals surface area contributed by atoms with Gasteiger partial charge < -0.3 is 20.1 Å². The van der Waals surface area contributed by atoms with Gasteiger partial charge in [0.1, 0.15) is 12.4 Å². The number of carbonyl (C=O) groups excluding carboxylic acids is 4. The summed E-state index contributed by atoms with van der Waals surface area (Å²) in [5.41, 5.74) is 1.55. The number of benzene rings is 1. The van der Waals surface area contributed by atoms with Gasteiger partial charge in [-0.25, -0.2) is 0 Å². The van der Waals surface area contributed by atoms with Gasteiger partial charge in [-0.15, -0.1) is 0 Å². The number of rotatable bonds is 16. The number of imide groups is 2. The summed E-state index contributed by atoms with van der Waals surface area (Å²) in [5, 5.41) is 27.3. The number of unbranched alkanes of at least 4 members (excludes halogenated alkanes) is 4. The highest BCUT2D eigenvalue weighted by atomic mass is 16.5. The lowest BCUT2D eigenvalue weighted by atomic mass is 9.57. The van der Waals surface area contributed by atoms with E-state index in [9.17, 15) is 33.9 Å². The summed E-state index contributed by atoms with van der Waals surface area (Å²) in [4.78, 5) is 79.7. The number of allylic oxidation sites excluding steroid dienone is 2. The topological polar surface area (TPSA) is 179 Å². The number of nitrogens with zero attached hydrogens (tertiary/aromatic N) is 2. The van der Waals surface area contributed by atoms with Crippen molar-refractivity contribution in [2.75, 3.05) is 26.3 Å². The number of para-hydroxylation sites is 1. The first-order chi connectivity index (χ1) is 22.1. The summed E-state index contributed by atoms with van der Waals surface area (Å²) in [5.74, 6) is -6.07. The van der Waals surface area contributed by atoms with Crippen molar-refractivity contribution in [3.05, 3.63) is 41.5 Å². The predicted molar refractivity (Wildman–Crippen MR) is 162 cm³/mol. The number of likely N-dealkylation sites (tertiary alicyclic amines) is 2. The zero-order valence-electron chi connectivity index (χ0n) is 25.8. The minimum absolute atomic E-state index is 0.0182. The fourth-order valence-electron chi connectivity index (χ4n) is 7.98. The average molecular weight is 639 g/mol. The van der Waals surface area contributed by atoms with E-state index in [1.807, 2.05) is 18.2 Å². The van der Waals surface area contributed by atoms with E-state index < -0.39 is 47.4 Å². The molecule has 4 amide bonds. The van der Waals surface area contributed by atoms with Gasteiger partial charge in [0.05, 0.1) is 30.3 Å². The van der Waals surface area contributed by atoms with Gasteiger partial charge in [0.25, 0.3) is 0 Å².